The lowest BCUT2D eigenvalue weighted by atomic mass is 10.0. The maximum absolute atomic E-state index is 11.6. The van der Waals surface area contributed by atoms with Crippen LogP contribution in [0.1, 0.15) is 0 Å². The molecule has 0 N–H and O–H groups in total. The highest BCUT2D eigenvalue weighted by atomic mass is 16.6. The summed E-state index contributed by atoms with van der Waals surface area (Å²) >= 11 is 0. The molecule has 0 aliphatic carbocycles. The van der Waals surface area contributed by atoms with Crippen molar-refractivity contribution in [3.05, 3.63) is 30.3 Å². The number of ketones is 2. The fourth-order valence-corrected chi connectivity index (χ4v) is 1.46. The van der Waals surface area contributed by atoms with Crippen molar-refractivity contribution in [2.24, 2.45) is 5.92 Å². The lowest BCUT2D eigenvalue weighted by molar-refractivity contribution is -0.154. The number of hydrogen-bond acceptors (Lipinski definition) is 6. The van der Waals surface area contributed by atoms with E-state index in [1.807, 2.05) is 0 Å². The molecular formula is C12H8O6. The third-order valence-electron chi connectivity index (χ3n) is 2.33. The summed E-state index contributed by atoms with van der Waals surface area (Å²) in [5.74, 6) is -5.70. The molecule has 1 fully saturated rings. The van der Waals surface area contributed by atoms with Crippen LogP contribution in [-0.4, -0.2) is 30.1 Å². The molecule has 0 saturated carbocycles. The SMILES string of the molecule is O=C(Oc1ccccc1)C(=O)C1C(=O)COC1=O. The molecule has 18 heavy (non-hydrogen) atoms. The summed E-state index contributed by atoms with van der Waals surface area (Å²) in [5, 5.41) is 0. The van der Waals surface area contributed by atoms with Crippen LogP contribution in [0.15, 0.2) is 30.3 Å². The highest BCUT2D eigenvalue weighted by Crippen LogP contribution is 2.15. The molecule has 2 rings (SSSR count). The largest absolute Gasteiger partial charge is 0.457 e. The summed E-state index contributed by atoms with van der Waals surface area (Å²) in [7, 11) is 0. The van der Waals surface area contributed by atoms with Gasteiger partial charge < -0.3 is 9.47 Å². The van der Waals surface area contributed by atoms with Crippen molar-refractivity contribution in [3.63, 3.8) is 0 Å². The van der Waals surface area contributed by atoms with E-state index < -0.39 is 36.0 Å². The predicted octanol–water partition coefficient (Wildman–Crippen LogP) is -0.0968. The minimum Gasteiger partial charge on any atom is -0.457 e. The summed E-state index contributed by atoms with van der Waals surface area (Å²) in [4.78, 5) is 45.4. The summed E-state index contributed by atoms with van der Waals surface area (Å²) in [5.41, 5.74) is 0. The average Bonchev–Trinajstić information content (AvgIpc) is 2.69. The highest BCUT2D eigenvalue weighted by molar-refractivity contribution is 6.44. The first-order valence-electron chi connectivity index (χ1n) is 5.10. The van der Waals surface area contributed by atoms with Crippen molar-refractivity contribution in [3.8, 4) is 5.75 Å². The first-order valence-corrected chi connectivity index (χ1v) is 5.10. The molecule has 1 unspecified atom stereocenters. The van der Waals surface area contributed by atoms with Gasteiger partial charge in [0.1, 0.15) is 5.75 Å². The second-order valence-electron chi connectivity index (χ2n) is 3.57. The van der Waals surface area contributed by atoms with Gasteiger partial charge in [-0.2, -0.15) is 0 Å². The normalized spacial score (nSPS) is 18.3. The molecule has 1 aromatic carbocycles. The average molecular weight is 248 g/mol. The molecule has 1 heterocycles. The van der Waals surface area contributed by atoms with Crippen LogP contribution in [0.2, 0.25) is 0 Å². The van der Waals surface area contributed by atoms with Crippen LogP contribution in [0.4, 0.5) is 0 Å². The maximum atomic E-state index is 11.6. The summed E-state index contributed by atoms with van der Waals surface area (Å²) < 4.78 is 9.12. The zero-order valence-electron chi connectivity index (χ0n) is 9.12. The second-order valence-corrected chi connectivity index (χ2v) is 3.57. The number of hydrogen-bond donors (Lipinski definition) is 0. The topological polar surface area (TPSA) is 86.7 Å². The second kappa shape index (κ2) is 4.79. The summed E-state index contributed by atoms with van der Waals surface area (Å²) in [6.07, 6.45) is 0. The van der Waals surface area contributed by atoms with E-state index in [4.69, 9.17) is 4.74 Å². The fourth-order valence-electron chi connectivity index (χ4n) is 1.46. The van der Waals surface area contributed by atoms with Gasteiger partial charge >= 0.3 is 11.9 Å². The van der Waals surface area contributed by atoms with Gasteiger partial charge in [-0.3, -0.25) is 14.4 Å². The van der Waals surface area contributed by atoms with Crippen LogP contribution in [0, 0.1) is 5.92 Å². The Morgan fingerprint density at radius 3 is 2.39 bits per heavy atom. The van der Waals surface area contributed by atoms with Gasteiger partial charge in [0.15, 0.2) is 18.3 Å². The lowest BCUT2D eigenvalue weighted by Gasteiger charge is -2.04. The first kappa shape index (κ1) is 12.0. The minimum absolute atomic E-state index is 0.162. The molecule has 0 amide bonds. The number of benzene rings is 1. The Balaban J connectivity index is 2.08. The molecular weight excluding hydrogens is 240 g/mol. The number of rotatable bonds is 3. The maximum Gasteiger partial charge on any atom is 0.381 e. The molecule has 1 atom stereocenters. The van der Waals surface area contributed by atoms with Crippen molar-refractivity contribution in [1.82, 2.24) is 0 Å². The Bertz CT molecular complexity index is 503. The predicted molar refractivity (Wildman–Crippen MR) is 56.5 cm³/mol. The van der Waals surface area contributed by atoms with E-state index in [-0.39, 0.29) is 5.75 Å². The Morgan fingerprint density at radius 2 is 1.83 bits per heavy atom. The number of carbonyl (C=O) groups is 4. The number of para-hydroxylation sites is 1. The minimum atomic E-state index is -1.68. The van der Waals surface area contributed by atoms with Crippen LogP contribution >= 0.6 is 0 Å². The van der Waals surface area contributed by atoms with Crippen LogP contribution in [-0.2, 0) is 23.9 Å². The molecule has 6 nitrogen and oxygen atoms in total. The molecule has 1 aliphatic heterocycles. The van der Waals surface area contributed by atoms with Crippen LogP contribution in [0.5, 0.6) is 5.75 Å². The number of ether oxygens (including phenoxy) is 2. The number of esters is 2. The first-order chi connectivity index (χ1) is 8.59. The Hall–Kier alpha value is -2.50. The molecule has 1 aromatic rings. The van der Waals surface area contributed by atoms with E-state index >= 15 is 0 Å². The number of carbonyl (C=O) groups excluding carboxylic acids is 4. The smallest absolute Gasteiger partial charge is 0.381 e. The van der Waals surface area contributed by atoms with Gasteiger partial charge in [0.2, 0.25) is 0 Å². The van der Waals surface area contributed by atoms with Crippen molar-refractivity contribution < 1.29 is 28.7 Å². The van der Waals surface area contributed by atoms with Gasteiger partial charge in [-0.05, 0) is 12.1 Å². The van der Waals surface area contributed by atoms with Gasteiger partial charge in [-0.25, -0.2) is 4.79 Å². The van der Waals surface area contributed by atoms with E-state index in [1.54, 1.807) is 18.2 Å². The molecule has 0 bridgehead atoms. The van der Waals surface area contributed by atoms with Gasteiger partial charge in [-0.1, -0.05) is 18.2 Å². The van der Waals surface area contributed by atoms with Crippen molar-refractivity contribution in [2.45, 2.75) is 0 Å². The van der Waals surface area contributed by atoms with E-state index in [9.17, 15) is 19.2 Å². The number of cyclic esters (lactones) is 1. The van der Waals surface area contributed by atoms with Crippen molar-refractivity contribution in [2.75, 3.05) is 6.61 Å². The van der Waals surface area contributed by atoms with Gasteiger partial charge in [0.25, 0.3) is 5.78 Å². The quantitative estimate of drug-likeness (QED) is 0.321. The van der Waals surface area contributed by atoms with Crippen LogP contribution in [0.3, 0.4) is 0 Å². The van der Waals surface area contributed by atoms with Crippen molar-refractivity contribution in [1.29, 1.82) is 0 Å². The highest BCUT2D eigenvalue weighted by Gasteiger charge is 2.44. The third-order valence-corrected chi connectivity index (χ3v) is 2.33. The molecule has 0 aromatic heterocycles. The zero-order valence-corrected chi connectivity index (χ0v) is 9.12. The molecule has 92 valence electrons. The van der Waals surface area contributed by atoms with E-state index in [2.05, 4.69) is 4.74 Å². The Labute approximate surface area is 101 Å². The Morgan fingerprint density at radius 1 is 1.17 bits per heavy atom. The standard InChI is InChI=1S/C12H8O6/c13-8-6-17-11(15)9(8)10(14)12(16)18-7-4-2-1-3-5-7/h1-5,9H,6H2. The monoisotopic (exact) mass is 248 g/mol. The van der Waals surface area contributed by atoms with Crippen LogP contribution < -0.4 is 4.74 Å². The lowest BCUT2D eigenvalue weighted by Crippen LogP contribution is -2.34. The van der Waals surface area contributed by atoms with Gasteiger partial charge in [0, 0.05) is 0 Å². The van der Waals surface area contributed by atoms with E-state index in [1.165, 1.54) is 12.1 Å². The van der Waals surface area contributed by atoms with Gasteiger partial charge in [-0.15, -0.1) is 0 Å². The van der Waals surface area contributed by atoms with E-state index in [0.29, 0.717) is 0 Å². The Kier molecular flexibility index (Phi) is 3.18. The number of Topliss-reactive ketones (excluding diaryl/α,β-unsaturated/α-hetero) is 2. The summed E-state index contributed by atoms with van der Waals surface area (Å²) in [6, 6.07) is 7.88. The third kappa shape index (κ3) is 2.27. The fraction of sp³-hybridized carbons (Fsp3) is 0.167. The zero-order chi connectivity index (χ0) is 13.1. The molecule has 0 radical (unpaired) electrons. The molecule has 1 aliphatic rings. The van der Waals surface area contributed by atoms with Crippen LogP contribution in [0.25, 0.3) is 0 Å². The van der Waals surface area contributed by atoms with Crippen molar-refractivity contribution >= 4 is 23.5 Å². The summed E-state index contributed by atoms with van der Waals surface area (Å²) in [6.45, 7) is -0.478. The van der Waals surface area contributed by atoms with Gasteiger partial charge in [0.05, 0.1) is 0 Å². The molecule has 1 saturated heterocycles. The van der Waals surface area contributed by atoms with E-state index in [0.717, 1.165) is 0 Å². The molecule has 6 heteroatoms. The molecule has 0 spiro atoms.